The van der Waals surface area contributed by atoms with Gasteiger partial charge in [-0.1, -0.05) is 13.8 Å². The van der Waals surface area contributed by atoms with Gasteiger partial charge < -0.3 is 14.1 Å². The van der Waals surface area contributed by atoms with Gasteiger partial charge in [0.2, 0.25) is 17.7 Å². The average Bonchev–Trinajstić information content (AvgIpc) is 2.95. The number of amides is 1. The lowest BCUT2D eigenvalue weighted by Crippen LogP contribution is -2.46. The van der Waals surface area contributed by atoms with Crippen LogP contribution in [0.15, 0.2) is 4.42 Å². The first-order chi connectivity index (χ1) is 10.1. The third-order valence-corrected chi connectivity index (χ3v) is 3.84. The molecule has 0 aliphatic carbocycles. The Morgan fingerprint density at radius 1 is 1.43 bits per heavy atom. The van der Waals surface area contributed by atoms with Crippen LogP contribution in [0.5, 0.6) is 0 Å². The van der Waals surface area contributed by atoms with Crippen LogP contribution in [0.1, 0.15) is 57.2 Å². The van der Waals surface area contributed by atoms with E-state index in [2.05, 4.69) is 10.2 Å². The summed E-state index contributed by atoms with van der Waals surface area (Å²) in [4.78, 5) is 14.3. The smallest absolute Gasteiger partial charge is 0.223 e. The second kappa shape index (κ2) is 7.54. The molecule has 0 radical (unpaired) electrons. The van der Waals surface area contributed by atoms with Crippen molar-refractivity contribution >= 4 is 5.91 Å². The van der Waals surface area contributed by atoms with Crippen LogP contribution in [-0.2, 0) is 16.0 Å². The lowest BCUT2D eigenvalue weighted by Gasteiger charge is -2.35. The second-order valence-electron chi connectivity index (χ2n) is 5.88. The van der Waals surface area contributed by atoms with Crippen molar-refractivity contribution in [2.75, 3.05) is 20.3 Å². The summed E-state index contributed by atoms with van der Waals surface area (Å²) in [7, 11) is 1.68. The maximum Gasteiger partial charge on any atom is 0.223 e. The Bertz CT molecular complexity index is 457. The van der Waals surface area contributed by atoms with Crippen molar-refractivity contribution in [3.05, 3.63) is 11.8 Å². The fourth-order valence-electron chi connectivity index (χ4n) is 2.65. The summed E-state index contributed by atoms with van der Waals surface area (Å²) in [6.07, 6.45) is 4.19. The number of aryl methyl sites for hydroxylation is 1. The van der Waals surface area contributed by atoms with Gasteiger partial charge in [0.05, 0.1) is 12.6 Å². The van der Waals surface area contributed by atoms with Crippen molar-refractivity contribution in [3.8, 4) is 0 Å². The van der Waals surface area contributed by atoms with Crippen molar-refractivity contribution < 1.29 is 13.9 Å². The first kappa shape index (κ1) is 15.9. The van der Waals surface area contributed by atoms with Crippen LogP contribution in [0.4, 0.5) is 0 Å². The van der Waals surface area contributed by atoms with E-state index in [1.807, 2.05) is 18.7 Å². The van der Waals surface area contributed by atoms with Crippen LogP contribution in [0.3, 0.4) is 0 Å². The summed E-state index contributed by atoms with van der Waals surface area (Å²) in [6.45, 7) is 5.45. The Hall–Kier alpha value is -1.43. The Labute approximate surface area is 125 Å². The summed E-state index contributed by atoms with van der Waals surface area (Å²) < 4.78 is 10.8. The highest BCUT2D eigenvalue weighted by Crippen LogP contribution is 2.19. The third-order valence-electron chi connectivity index (χ3n) is 3.84. The minimum atomic E-state index is 0.154. The third kappa shape index (κ3) is 4.27. The highest BCUT2D eigenvalue weighted by Gasteiger charge is 2.26. The molecule has 6 nitrogen and oxygen atoms in total. The summed E-state index contributed by atoms with van der Waals surface area (Å²) in [5.41, 5.74) is 0. The molecule has 21 heavy (non-hydrogen) atoms. The lowest BCUT2D eigenvalue weighted by atomic mass is 10.0. The van der Waals surface area contributed by atoms with Crippen LogP contribution >= 0.6 is 0 Å². The Balaban J connectivity index is 1.87. The molecule has 6 heteroatoms. The molecular weight excluding hydrogens is 270 g/mol. The molecule has 1 saturated heterocycles. The van der Waals surface area contributed by atoms with E-state index in [0.717, 1.165) is 19.4 Å². The number of carbonyl (C=O) groups is 1. The maximum atomic E-state index is 12.4. The number of aromatic nitrogens is 2. The average molecular weight is 295 g/mol. The minimum absolute atomic E-state index is 0.154. The van der Waals surface area contributed by atoms with Crippen molar-refractivity contribution in [2.24, 2.45) is 0 Å². The van der Waals surface area contributed by atoms with Gasteiger partial charge in [-0.15, -0.1) is 10.2 Å². The van der Waals surface area contributed by atoms with E-state index in [1.165, 1.54) is 6.42 Å². The first-order valence-electron chi connectivity index (χ1n) is 7.72. The molecular formula is C15H25N3O3. The number of methoxy groups -OCH3 is 1. The maximum absolute atomic E-state index is 12.4. The topological polar surface area (TPSA) is 68.5 Å². The Kier molecular flexibility index (Phi) is 5.73. The molecule has 0 bridgehead atoms. The number of nitrogens with zero attached hydrogens (tertiary/aromatic N) is 3. The van der Waals surface area contributed by atoms with E-state index < -0.39 is 0 Å². The van der Waals surface area contributed by atoms with E-state index in [1.54, 1.807) is 7.11 Å². The van der Waals surface area contributed by atoms with Crippen molar-refractivity contribution in [1.29, 1.82) is 0 Å². The molecule has 1 fully saturated rings. The summed E-state index contributed by atoms with van der Waals surface area (Å²) >= 11 is 0. The second-order valence-corrected chi connectivity index (χ2v) is 5.88. The Morgan fingerprint density at radius 2 is 2.24 bits per heavy atom. The number of ether oxygens (including phenoxy) is 1. The number of hydrogen-bond donors (Lipinski definition) is 0. The zero-order valence-electron chi connectivity index (χ0n) is 13.2. The van der Waals surface area contributed by atoms with Gasteiger partial charge in [0.1, 0.15) is 0 Å². The van der Waals surface area contributed by atoms with Gasteiger partial charge in [0.25, 0.3) is 0 Å². The van der Waals surface area contributed by atoms with Crippen LogP contribution in [0, 0.1) is 0 Å². The summed E-state index contributed by atoms with van der Waals surface area (Å²) in [5, 5.41) is 7.99. The van der Waals surface area contributed by atoms with Crippen LogP contribution in [0.2, 0.25) is 0 Å². The molecule has 118 valence electrons. The van der Waals surface area contributed by atoms with Crippen LogP contribution < -0.4 is 0 Å². The number of hydrogen-bond acceptors (Lipinski definition) is 5. The monoisotopic (exact) mass is 295 g/mol. The van der Waals surface area contributed by atoms with E-state index in [-0.39, 0.29) is 17.9 Å². The zero-order chi connectivity index (χ0) is 15.2. The van der Waals surface area contributed by atoms with Gasteiger partial charge >= 0.3 is 0 Å². The Morgan fingerprint density at radius 3 is 2.90 bits per heavy atom. The molecule has 0 N–H and O–H groups in total. The number of carbonyl (C=O) groups excluding carboxylic acids is 1. The predicted octanol–water partition coefficient (Wildman–Crippen LogP) is 2.15. The predicted molar refractivity (Wildman–Crippen MR) is 77.9 cm³/mol. The van der Waals surface area contributed by atoms with Gasteiger partial charge in [0.15, 0.2) is 0 Å². The highest BCUT2D eigenvalue weighted by molar-refractivity contribution is 5.76. The molecule has 2 rings (SSSR count). The fourth-order valence-corrected chi connectivity index (χ4v) is 2.65. The molecule has 0 aromatic carbocycles. The molecule has 1 aromatic rings. The molecule has 1 aliphatic rings. The summed E-state index contributed by atoms with van der Waals surface area (Å²) in [5.74, 6) is 1.55. The molecule has 0 saturated carbocycles. The van der Waals surface area contributed by atoms with Crippen LogP contribution in [0.25, 0.3) is 0 Å². The number of piperidine rings is 1. The normalized spacial score (nSPS) is 19.2. The van der Waals surface area contributed by atoms with E-state index >= 15 is 0 Å². The summed E-state index contributed by atoms with van der Waals surface area (Å²) in [6, 6.07) is 0.213. The van der Waals surface area contributed by atoms with Crippen molar-refractivity contribution in [1.82, 2.24) is 15.1 Å². The number of rotatable bonds is 6. The molecule has 0 spiro atoms. The van der Waals surface area contributed by atoms with E-state index in [4.69, 9.17) is 9.15 Å². The number of likely N-dealkylation sites (tertiary alicyclic amines) is 1. The van der Waals surface area contributed by atoms with E-state index in [9.17, 15) is 4.79 Å². The zero-order valence-corrected chi connectivity index (χ0v) is 13.2. The van der Waals surface area contributed by atoms with E-state index in [0.29, 0.717) is 31.2 Å². The van der Waals surface area contributed by atoms with Gasteiger partial charge in [-0.05, 0) is 19.3 Å². The standard InChI is InChI=1S/C15H25N3O3/c1-11(2)15-17-16-13(21-15)7-8-14(19)18-9-5-4-6-12(18)10-20-3/h11-12H,4-10H2,1-3H3. The largest absolute Gasteiger partial charge is 0.425 e. The quantitative estimate of drug-likeness (QED) is 0.804. The SMILES string of the molecule is COCC1CCCCN1C(=O)CCc1nnc(C(C)C)o1. The van der Waals surface area contributed by atoms with Gasteiger partial charge in [-0.25, -0.2) is 0 Å². The van der Waals surface area contributed by atoms with Crippen LogP contribution in [-0.4, -0.2) is 47.3 Å². The fraction of sp³-hybridized carbons (Fsp3) is 0.800. The lowest BCUT2D eigenvalue weighted by molar-refractivity contribution is -0.136. The van der Waals surface area contributed by atoms with Gasteiger partial charge in [-0.2, -0.15) is 0 Å². The first-order valence-corrected chi connectivity index (χ1v) is 7.72. The molecule has 1 amide bonds. The molecule has 1 aliphatic heterocycles. The van der Waals surface area contributed by atoms with Crippen molar-refractivity contribution in [3.63, 3.8) is 0 Å². The molecule has 1 unspecified atom stereocenters. The van der Waals surface area contributed by atoms with Crippen molar-refractivity contribution in [2.45, 2.75) is 57.9 Å². The van der Waals surface area contributed by atoms with Gasteiger partial charge in [-0.3, -0.25) is 4.79 Å². The molecule has 1 atom stereocenters. The minimum Gasteiger partial charge on any atom is -0.425 e. The highest BCUT2D eigenvalue weighted by atomic mass is 16.5. The van der Waals surface area contributed by atoms with Gasteiger partial charge in [0, 0.05) is 32.4 Å². The molecule has 2 heterocycles. The molecule has 1 aromatic heterocycles.